The summed E-state index contributed by atoms with van der Waals surface area (Å²) in [6, 6.07) is 7.34. The van der Waals surface area contributed by atoms with Crippen LogP contribution in [0.25, 0.3) is 5.82 Å². The van der Waals surface area contributed by atoms with Crippen LogP contribution in [-0.2, 0) is 6.61 Å². The van der Waals surface area contributed by atoms with Gasteiger partial charge in [-0.1, -0.05) is 12.1 Å². The van der Waals surface area contributed by atoms with Crippen LogP contribution in [-0.4, -0.2) is 25.0 Å². The number of hydrogen-bond donors (Lipinski definition) is 2. The monoisotopic (exact) mass is 347 g/mol. The van der Waals surface area contributed by atoms with Crippen molar-refractivity contribution in [1.82, 2.24) is 14.8 Å². The van der Waals surface area contributed by atoms with E-state index in [0.717, 1.165) is 0 Å². The molecule has 6 nitrogen and oxygen atoms in total. The lowest BCUT2D eigenvalue weighted by Gasteiger charge is -2.11. The molecular weight excluding hydrogens is 332 g/mol. The minimum atomic E-state index is -1.65. The third-order valence-electron chi connectivity index (χ3n) is 3.62. The lowest BCUT2D eigenvalue weighted by Crippen LogP contribution is -2.07. The van der Waals surface area contributed by atoms with Crippen LogP contribution < -0.4 is 4.74 Å². The topological polar surface area (TPSA) is 80.4 Å². The predicted octanol–water partition coefficient (Wildman–Crippen LogP) is 2.42. The average Bonchev–Trinajstić information content (AvgIpc) is 3.08. The largest absolute Gasteiger partial charge is 0.473 e. The molecule has 25 heavy (non-hydrogen) atoms. The first-order valence-electron chi connectivity index (χ1n) is 7.40. The van der Waals surface area contributed by atoms with E-state index in [0.29, 0.717) is 5.82 Å². The van der Waals surface area contributed by atoms with Crippen LogP contribution in [0, 0.1) is 18.6 Å². The normalized spacial score (nSPS) is 11.1. The highest BCUT2D eigenvalue weighted by molar-refractivity contribution is 5.32. The number of aliphatic hydroxyl groups excluding tert-OH is 1. The van der Waals surface area contributed by atoms with Crippen molar-refractivity contribution >= 4 is 0 Å². The molecule has 130 valence electrons. The van der Waals surface area contributed by atoms with Crippen LogP contribution in [0.5, 0.6) is 5.88 Å². The summed E-state index contributed by atoms with van der Waals surface area (Å²) in [5.74, 6) is -1.31. The van der Waals surface area contributed by atoms with Crippen LogP contribution in [0.1, 0.15) is 23.0 Å². The Labute approximate surface area is 142 Å². The van der Waals surface area contributed by atoms with Crippen molar-refractivity contribution in [1.29, 1.82) is 0 Å². The van der Waals surface area contributed by atoms with E-state index in [4.69, 9.17) is 4.74 Å². The number of aromatic nitrogens is 3. The zero-order chi connectivity index (χ0) is 18.0. The number of ether oxygens (including phenoxy) is 1. The molecule has 0 aliphatic rings. The number of rotatable bonds is 5. The van der Waals surface area contributed by atoms with E-state index in [-0.39, 0.29) is 29.2 Å². The van der Waals surface area contributed by atoms with Crippen molar-refractivity contribution < 1.29 is 23.7 Å². The third kappa shape index (κ3) is 3.49. The second-order valence-electron chi connectivity index (χ2n) is 5.36. The molecule has 0 atom stereocenters. The maximum absolute atomic E-state index is 13.9. The molecule has 2 heterocycles. The highest BCUT2D eigenvalue weighted by atomic mass is 19.2. The molecule has 0 fully saturated rings. The summed E-state index contributed by atoms with van der Waals surface area (Å²) in [6.45, 7) is 1.28. The smallest absolute Gasteiger partial charge is 0.218 e. The first-order chi connectivity index (χ1) is 12.0. The standard InChI is InChI=1S/C17H15F2N3O3/c1-10-2-3-12(16(19)15(10)18)9-25-14-5-7-21-22(14)13-8-11(17(23)24)4-6-20-13/h2-8,17,23-24H,9H2,1H3. The van der Waals surface area contributed by atoms with Gasteiger partial charge in [-0.15, -0.1) is 0 Å². The van der Waals surface area contributed by atoms with Gasteiger partial charge in [-0.3, -0.25) is 0 Å². The Kier molecular flexibility index (Phi) is 4.73. The summed E-state index contributed by atoms with van der Waals surface area (Å²) in [4.78, 5) is 4.09. The minimum Gasteiger partial charge on any atom is -0.473 e. The van der Waals surface area contributed by atoms with Gasteiger partial charge in [-0.05, 0) is 24.6 Å². The van der Waals surface area contributed by atoms with E-state index in [1.165, 1.54) is 54.3 Å². The highest BCUT2D eigenvalue weighted by Gasteiger charge is 2.14. The fraction of sp³-hybridized carbons (Fsp3) is 0.176. The van der Waals surface area contributed by atoms with E-state index in [9.17, 15) is 19.0 Å². The average molecular weight is 347 g/mol. The molecule has 0 bridgehead atoms. The number of halogens is 2. The Balaban J connectivity index is 1.83. The van der Waals surface area contributed by atoms with Crippen LogP contribution in [0.15, 0.2) is 42.7 Å². The van der Waals surface area contributed by atoms with E-state index in [1.54, 1.807) is 0 Å². The van der Waals surface area contributed by atoms with Crippen molar-refractivity contribution in [2.75, 3.05) is 0 Å². The van der Waals surface area contributed by atoms with Gasteiger partial charge >= 0.3 is 0 Å². The molecule has 0 spiro atoms. The van der Waals surface area contributed by atoms with E-state index in [2.05, 4.69) is 10.1 Å². The number of benzene rings is 1. The molecule has 2 aromatic heterocycles. The molecule has 3 rings (SSSR count). The molecule has 0 saturated carbocycles. The Hall–Kier alpha value is -2.84. The quantitative estimate of drug-likeness (QED) is 0.693. The molecular formula is C17H15F2N3O3. The van der Waals surface area contributed by atoms with Crippen LogP contribution >= 0.6 is 0 Å². The van der Waals surface area contributed by atoms with E-state index >= 15 is 0 Å². The molecule has 0 saturated heterocycles. The third-order valence-corrected chi connectivity index (χ3v) is 3.62. The summed E-state index contributed by atoms with van der Waals surface area (Å²) < 4.78 is 34.4. The van der Waals surface area contributed by atoms with Gasteiger partial charge in [0.2, 0.25) is 5.88 Å². The molecule has 0 aliphatic heterocycles. The Morgan fingerprint density at radius 3 is 2.68 bits per heavy atom. The van der Waals surface area contributed by atoms with E-state index in [1.807, 2.05) is 0 Å². The predicted molar refractivity (Wildman–Crippen MR) is 84.0 cm³/mol. The maximum atomic E-state index is 13.9. The SMILES string of the molecule is Cc1ccc(COc2ccnn2-c2cc(C(O)O)ccn2)c(F)c1F. The Morgan fingerprint density at radius 2 is 1.92 bits per heavy atom. The molecule has 0 radical (unpaired) electrons. The molecule has 0 unspecified atom stereocenters. The van der Waals surface area contributed by atoms with Crippen molar-refractivity contribution in [3.63, 3.8) is 0 Å². The lowest BCUT2D eigenvalue weighted by atomic mass is 10.1. The summed E-state index contributed by atoms with van der Waals surface area (Å²) in [5, 5.41) is 22.5. The number of hydrogen-bond acceptors (Lipinski definition) is 5. The molecule has 3 aromatic rings. The number of nitrogens with zero attached hydrogens (tertiary/aromatic N) is 3. The van der Waals surface area contributed by atoms with Crippen LogP contribution in [0.4, 0.5) is 8.78 Å². The van der Waals surface area contributed by atoms with Gasteiger partial charge in [0.15, 0.2) is 23.7 Å². The summed E-state index contributed by atoms with van der Waals surface area (Å²) in [5.41, 5.74) is 0.524. The first-order valence-corrected chi connectivity index (χ1v) is 7.40. The molecule has 0 aliphatic carbocycles. The number of pyridine rings is 1. The Bertz CT molecular complexity index is 897. The Morgan fingerprint density at radius 1 is 1.12 bits per heavy atom. The second-order valence-corrected chi connectivity index (χ2v) is 5.36. The molecule has 2 N–H and O–H groups in total. The van der Waals surface area contributed by atoms with Gasteiger partial charge in [-0.25, -0.2) is 13.8 Å². The van der Waals surface area contributed by atoms with Crippen molar-refractivity contribution in [3.8, 4) is 11.7 Å². The van der Waals surface area contributed by atoms with Gasteiger partial charge in [0.25, 0.3) is 0 Å². The first kappa shape index (κ1) is 17.0. The van der Waals surface area contributed by atoms with Crippen molar-refractivity contribution in [2.45, 2.75) is 19.8 Å². The molecule has 0 amide bonds. The summed E-state index contributed by atoms with van der Waals surface area (Å²) in [7, 11) is 0. The van der Waals surface area contributed by atoms with Crippen LogP contribution in [0.2, 0.25) is 0 Å². The molecule has 1 aromatic carbocycles. The number of aryl methyl sites for hydroxylation is 1. The fourth-order valence-electron chi connectivity index (χ4n) is 2.23. The van der Waals surface area contributed by atoms with E-state index < -0.39 is 17.9 Å². The van der Waals surface area contributed by atoms with Crippen LogP contribution in [0.3, 0.4) is 0 Å². The van der Waals surface area contributed by atoms with Gasteiger partial charge in [-0.2, -0.15) is 9.78 Å². The van der Waals surface area contributed by atoms with Crippen molar-refractivity contribution in [2.24, 2.45) is 0 Å². The second kappa shape index (κ2) is 6.96. The van der Waals surface area contributed by atoms with Gasteiger partial charge in [0, 0.05) is 23.4 Å². The summed E-state index contributed by atoms with van der Waals surface area (Å²) in [6.07, 6.45) is 1.20. The highest BCUT2D eigenvalue weighted by Crippen LogP contribution is 2.21. The fourth-order valence-corrected chi connectivity index (χ4v) is 2.23. The molecule has 8 heteroatoms. The number of aliphatic hydroxyl groups is 2. The lowest BCUT2D eigenvalue weighted by molar-refractivity contribution is -0.0425. The van der Waals surface area contributed by atoms with Gasteiger partial charge < -0.3 is 14.9 Å². The summed E-state index contributed by atoms with van der Waals surface area (Å²) >= 11 is 0. The van der Waals surface area contributed by atoms with Gasteiger partial charge in [0.05, 0.1) is 6.20 Å². The van der Waals surface area contributed by atoms with Gasteiger partial charge in [0.1, 0.15) is 6.61 Å². The zero-order valence-electron chi connectivity index (χ0n) is 13.2. The maximum Gasteiger partial charge on any atom is 0.218 e. The minimum absolute atomic E-state index is 0.0725. The van der Waals surface area contributed by atoms with Crippen molar-refractivity contribution in [3.05, 3.63) is 71.1 Å². The zero-order valence-corrected chi connectivity index (χ0v) is 13.2.